The first kappa shape index (κ1) is 31.1. The number of anilines is 1. The number of amides is 1. The highest BCUT2D eigenvalue weighted by atomic mass is 79.9. The molecule has 208 valence electrons. The van der Waals surface area contributed by atoms with Crippen LogP contribution in [0, 0.1) is 5.41 Å². The number of hydrogen-bond donors (Lipinski definition) is 4. The van der Waals surface area contributed by atoms with Crippen molar-refractivity contribution in [2.45, 2.75) is 39.7 Å². The van der Waals surface area contributed by atoms with Crippen LogP contribution in [0.25, 0.3) is 0 Å². The molecule has 1 heterocycles. The van der Waals surface area contributed by atoms with Gasteiger partial charge in [0.15, 0.2) is 15.6 Å². The number of rotatable bonds is 9. The van der Waals surface area contributed by atoms with E-state index in [1.807, 2.05) is 27.7 Å². The molecule has 0 atom stereocenters. The van der Waals surface area contributed by atoms with Gasteiger partial charge >= 0.3 is 0 Å². The normalized spacial score (nSPS) is 13.0. The van der Waals surface area contributed by atoms with Crippen LogP contribution in [0.1, 0.15) is 65.1 Å². The van der Waals surface area contributed by atoms with Gasteiger partial charge in [-0.3, -0.25) is 15.0 Å². The van der Waals surface area contributed by atoms with Crippen LogP contribution in [0.5, 0.6) is 11.5 Å². The zero-order valence-corrected chi connectivity index (χ0v) is 24.9. The zero-order valence-electron chi connectivity index (χ0n) is 22.4. The van der Waals surface area contributed by atoms with Crippen molar-refractivity contribution in [1.82, 2.24) is 10.2 Å². The zero-order chi connectivity index (χ0) is 27.7. The molecule has 0 aromatic heterocycles. The lowest BCUT2D eigenvalue weighted by Crippen LogP contribution is -2.30. The molecule has 12 heteroatoms. The number of carbonyl (C=O) groups excluding carboxylic acids is 2. The lowest BCUT2D eigenvalue weighted by molar-refractivity contribution is 0.0953. The van der Waals surface area contributed by atoms with E-state index in [1.165, 1.54) is 13.1 Å². The summed E-state index contributed by atoms with van der Waals surface area (Å²) in [6.45, 7) is 7.99. The van der Waals surface area contributed by atoms with Gasteiger partial charge in [0.2, 0.25) is 0 Å². The number of nitrogens with zero attached hydrogens (tertiary/aromatic N) is 1. The number of phenolic OH excluding ortho intramolecular Hbond substituents is 1. The van der Waals surface area contributed by atoms with Gasteiger partial charge in [-0.05, 0) is 42.2 Å². The Morgan fingerprint density at radius 1 is 1.18 bits per heavy atom. The molecular formula is C26H35BrN4O6S. The van der Waals surface area contributed by atoms with Crippen molar-refractivity contribution >= 4 is 50.0 Å². The molecule has 3 rings (SSSR count). The highest BCUT2D eigenvalue weighted by Crippen LogP contribution is 2.38. The Morgan fingerprint density at radius 2 is 1.84 bits per heavy atom. The maximum Gasteiger partial charge on any atom is 0.254 e. The second-order valence-corrected chi connectivity index (χ2v) is 12.2. The van der Waals surface area contributed by atoms with E-state index in [2.05, 4.69) is 10.6 Å². The van der Waals surface area contributed by atoms with Crippen molar-refractivity contribution in [3.05, 3.63) is 52.1 Å². The van der Waals surface area contributed by atoms with Crippen LogP contribution in [0.15, 0.2) is 24.3 Å². The van der Waals surface area contributed by atoms with Gasteiger partial charge in [0.25, 0.3) is 5.91 Å². The Kier molecular flexibility index (Phi) is 9.60. The number of carbonyl (C=O) groups is 2. The molecule has 0 saturated heterocycles. The molecule has 2 aromatic rings. The Hall–Kier alpha value is -3.12. The van der Waals surface area contributed by atoms with Crippen molar-refractivity contribution < 1.29 is 27.9 Å². The van der Waals surface area contributed by atoms with E-state index in [0.717, 1.165) is 11.8 Å². The van der Waals surface area contributed by atoms with E-state index in [0.29, 0.717) is 29.0 Å². The standard InChI is InChI=1S/C26H34N4O6S.BrH/c1-7-36-22-10-16-12-30(24(27)17(16)11-18(22)25(33)28-5)13-21(31)15-8-19(26(2,3)4)23(32)20(9-15)29-14-37(6,34)35;/h8-11,27,29,32H,7,12-14H2,1-6H3,(H,28,33);1H. The highest BCUT2D eigenvalue weighted by molar-refractivity contribution is 8.93. The lowest BCUT2D eigenvalue weighted by Gasteiger charge is -2.24. The maximum absolute atomic E-state index is 13.4. The summed E-state index contributed by atoms with van der Waals surface area (Å²) in [5.74, 6) is -0.620. The number of sulfone groups is 1. The topological polar surface area (TPSA) is 149 Å². The minimum atomic E-state index is -3.38. The Balaban J connectivity index is 0.00000507. The van der Waals surface area contributed by atoms with Gasteiger partial charge in [-0.25, -0.2) is 8.42 Å². The molecule has 0 fully saturated rings. The molecular weight excluding hydrogens is 576 g/mol. The molecule has 38 heavy (non-hydrogen) atoms. The van der Waals surface area contributed by atoms with Crippen molar-refractivity contribution in [3.63, 3.8) is 0 Å². The minimum absolute atomic E-state index is 0. The van der Waals surface area contributed by atoms with E-state index in [9.17, 15) is 23.1 Å². The summed E-state index contributed by atoms with van der Waals surface area (Å²) < 4.78 is 29.0. The number of fused-ring (bicyclic) bond motifs is 1. The van der Waals surface area contributed by atoms with Gasteiger partial charge in [-0.2, -0.15) is 0 Å². The number of nitrogens with one attached hydrogen (secondary N) is 3. The fourth-order valence-electron chi connectivity index (χ4n) is 4.13. The number of halogens is 1. The molecule has 1 aliphatic heterocycles. The van der Waals surface area contributed by atoms with Crippen molar-refractivity contribution in [1.29, 1.82) is 5.41 Å². The van der Waals surface area contributed by atoms with Crippen LogP contribution in [-0.2, 0) is 21.8 Å². The van der Waals surface area contributed by atoms with Gasteiger partial charge in [-0.15, -0.1) is 17.0 Å². The number of aromatic hydroxyl groups is 1. The summed E-state index contributed by atoms with van der Waals surface area (Å²) in [5, 5.41) is 24.7. The first-order valence-corrected chi connectivity index (χ1v) is 13.9. The van der Waals surface area contributed by atoms with Crippen molar-refractivity contribution in [2.75, 3.05) is 37.6 Å². The number of benzene rings is 2. The number of phenols is 1. The van der Waals surface area contributed by atoms with Crippen LogP contribution < -0.4 is 15.4 Å². The number of ether oxygens (including phenoxy) is 1. The van der Waals surface area contributed by atoms with Crippen LogP contribution in [0.4, 0.5) is 5.69 Å². The predicted octanol–water partition coefficient (Wildman–Crippen LogP) is 3.46. The van der Waals surface area contributed by atoms with Gasteiger partial charge in [0.1, 0.15) is 23.2 Å². The third kappa shape index (κ3) is 6.84. The second-order valence-electron chi connectivity index (χ2n) is 10.1. The number of ketones is 1. The number of amidine groups is 1. The quantitative estimate of drug-likeness (QED) is 0.249. The van der Waals surface area contributed by atoms with Crippen LogP contribution in [-0.4, -0.2) is 68.3 Å². The maximum atomic E-state index is 13.4. The van der Waals surface area contributed by atoms with Gasteiger partial charge < -0.3 is 25.4 Å². The largest absolute Gasteiger partial charge is 0.505 e. The molecule has 0 bridgehead atoms. The lowest BCUT2D eigenvalue weighted by atomic mass is 9.84. The van der Waals surface area contributed by atoms with Crippen LogP contribution in [0.2, 0.25) is 0 Å². The Bertz CT molecular complexity index is 1370. The fourth-order valence-corrected chi connectivity index (χ4v) is 4.54. The second kappa shape index (κ2) is 11.7. The molecule has 0 radical (unpaired) electrons. The van der Waals surface area contributed by atoms with Gasteiger partial charge in [0, 0.05) is 36.5 Å². The average molecular weight is 612 g/mol. The first-order valence-electron chi connectivity index (χ1n) is 11.8. The summed E-state index contributed by atoms with van der Waals surface area (Å²) in [4.78, 5) is 27.3. The summed E-state index contributed by atoms with van der Waals surface area (Å²) in [6.07, 6.45) is 1.07. The molecule has 1 amide bonds. The van der Waals surface area contributed by atoms with E-state index in [4.69, 9.17) is 10.1 Å². The molecule has 0 spiro atoms. The molecule has 0 aliphatic carbocycles. The van der Waals surface area contributed by atoms with Crippen molar-refractivity contribution in [3.8, 4) is 11.5 Å². The number of hydrogen-bond acceptors (Lipinski definition) is 8. The smallest absolute Gasteiger partial charge is 0.254 e. The van der Waals surface area contributed by atoms with E-state index >= 15 is 0 Å². The Morgan fingerprint density at radius 3 is 2.39 bits per heavy atom. The molecule has 1 aliphatic rings. The molecule has 4 N–H and O–H groups in total. The molecule has 2 aromatic carbocycles. The molecule has 10 nitrogen and oxygen atoms in total. The number of Topliss-reactive ketones (excluding diaryl/α,β-unsaturated/α-hetero) is 1. The van der Waals surface area contributed by atoms with E-state index in [1.54, 1.807) is 23.1 Å². The summed E-state index contributed by atoms with van der Waals surface area (Å²) in [6, 6.07) is 6.38. The average Bonchev–Trinajstić information content (AvgIpc) is 3.10. The third-order valence-electron chi connectivity index (χ3n) is 6.01. The first-order chi connectivity index (χ1) is 17.2. The van der Waals surface area contributed by atoms with E-state index < -0.39 is 21.1 Å². The van der Waals surface area contributed by atoms with Gasteiger partial charge in [0.05, 0.1) is 24.4 Å². The van der Waals surface area contributed by atoms with E-state index in [-0.39, 0.29) is 64.6 Å². The fraction of sp³-hybridized carbons (Fsp3) is 0.423. The summed E-state index contributed by atoms with van der Waals surface area (Å²) in [5.41, 5.74) is 2.03. The molecule has 0 saturated carbocycles. The monoisotopic (exact) mass is 610 g/mol. The highest BCUT2D eigenvalue weighted by Gasteiger charge is 2.30. The van der Waals surface area contributed by atoms with Crippen LogP contribution in [0.3, 0.4) is 0 Å². The summed E-state index contributed by atoms with van der Waals surface area (Å²) >= 11 is 0. The Labute approximate surface area is 234 Å². The predicted molar refractivity (Wildman–Crippen MR) is 153 cm³/mol. The van der Waals surface area contributed by atoms with Crippen LogP contribution >= 0.6 is 17.0 Å². The van der Waals surface area contributed by atoms with Crippen molar-refractivity contribution in [2.24, 2.45) is 0 Å². The summed E-state index contributed by atoms with van der Waals surface area (Å²) in [7, 11) is -1.86. The molecule has 0 unspecified atom stereocenters. The minimum Gasteiger partial charge on any atom is -0.505 e. The third-order valence-corrected chi connectivity index (χ3v) is 6.68. The van der Waals surface area contributed by atoms with Gasteiger partial charge in [-0.1, -0.05) is 20.8 Å². The SMILES string of the molecule is Br.CCOc1cc2c(cc1C(=O)NC)C(=N)N(CC(=O)c1cc(NCS(C)(=O)=O)c(O)c(C(C)(C)C)c1)C2.